The molecule has 0 saturated carbocycles. The van der Waals surface area contributed by atoms with Gasteiger partial charge in [0, 0.05) is 0 Å². The Morgan fingerprint density at radius 2 is 1.88 bits per heavy atom. The third-order valence-electron chi connectivity index (χ3n) is 2.93. The first kappa shape index (κ1) is 16.4. The minimum Gasteiger partial charge on any atom is -0.468 e. The van der Waals surface area contributed by atoms with Crippen LogP contribution in [0.1, 0.15) is 59.3 Å². The van der Waals surface area contributed by atoms with Crippen molar-refractivity contribution in [1.82, 2.24) is 5.32 Å². The maximum atomic E-state index is 11.5. The summed E-state index contributed by atoms with van der Waals surface area (Å²) in [5.74, 6) is 0.647. The second-order valence-electron chi connectivity index (χ2n) is 5.06. The van der Waals surface area contributed by atoms with Crippen molar-refractivity contribution in [2.24, 2.45) is 5.92 Å². The standard InChI is InChI=1S/C14H29NO2/c1-5-6-10-13(14(16)17-4)15-11-8-7-9-12(2)3/h12-13,15H,5-11H2,1-4H3. The molecule has 1 unspecified atom stereocenters. The predicted molar refractivity (Wildman–Crippen MR) is 72.0 cm³/mol. The molecule has 102 valence electrons. The predicted octanol–water partition coefficient (Wildman–Crippen LogP) is 3.13. The average molecular weight is 243 g/mol. The SMILES string of the molecule is CCCCC(NCCCCC(C)C)C(=O)OC. The highest BCUT2D eigenvalue weighted by molar-refractivity contribution is 5.75. The number of carbonyl (C=O) groups excluding carboxylic acids is 1. The Kier molecular flexibility index (Phi) is 10.2. The fourth-order valence-electron chi connectivity index (χ4n) is 1.81. The van der Waals surface area contributed by atoms with Gasteiger partial charge in [-0.2, -0.15) is 0 Å². The van der Waals surface area contributed by atoms with Crippen LogP contribution < -0.4 is 5.32 Å². The lowest BCUT2D eigenvalue weighted by Crippen LogP contribution is -2.38. The first-order chi connectivity index (χ1) is 8.11. The summed E-state index contributed by atoms with van der Waals surface area (Å²) in [7, 11) is 1.46. The minimum atomic E-state index is -0.123. The lowest BCUT2D eigenvalue weighted by molar-refractivity contribution is -0.143. The van der Waals surface area contributed by atoms with E-state index in [4.69, 9.17) is 4.74 Å². The summed E-state index contributed by atoms with van der Waals surface area (Å²) in [6.07, 6.45) is 6.69. The quantitative estimate of drug-likeness (QED) is 0.473. The number of esters is 1. The number of hydrogen-bond acceptors (Lipinski definition) is 3. The van der Waals surface area contributed by atoms with Crippen LogP contribution in [0.25, 0.3) is 0 Å². The zero-order chi connectivity index (χ0) is 13.1. The molecule has 0 rings (SSSR count). The van der Waals surface area contributed by atoms with Gasteiger partial charge in [-0.15, -0.1) is 0 Å². The molecule has 0 bridgehead atoms. The summed E-state index contributed by atoms with van der Waals surface area (Å²) in [6.45, 7) is 7.53. The largest absolute Gasteiger partial charge is 0.468 e. The fourth-order valence-corrected chi connectivity index (χ4v) is 1.81. The van der Waals surface area contributed by atoms with Crippen molar-refractivity contribution in [3.63, 3.8) is 0 Å². The smallest absolute Gasteiger partial charge is 0.322 e. The Morgan fingerprint density at radius 3 is 2.41 bits per heavy atom. The molecule has 3 nitrogen and oxygen atoms in total. The number of carbonyl (C=O) groups is 1. The van der Waals surface area contributed by atoms with E-state index in [1.54, 1.807) is 0 Å². The molecular weight excluding hydrogens is 214 g/mol. The van der Waals surface area contributed by atoms with Gasteiger partial charge in [0.25, 0.3) is 0 Å². The number of rotatable bonds is 10. The molecule has 0 aliphatic carbocycles. The van der Waals surface area contributed by atoms with Gasteiger partial charge < -0.3 is 10.1 Å². The topological polar surface area (TPSA) is 38.3 Å². The first-order valence-corrected chi connectivity index (χ1v) is 6.93. The van der Waals surface area contributed by atoms with Crippen molar-refractivity contribution < 1.29 is 9.53 Å². The molecule has 3 heteroatoms. The molecule has 1 atom stereocenters. The van der Waals surface area contributed by atoms with E-state index in [0.29, 0.717) is 0 Å². The van der Waals surface area contributed by atoms with Crippen molar-refractivity contribution in [2.45, 2.75) is 65.3 Å². The van der Waals surface area contributed by atoms with Crippen molar-refractivity contribution in [3.8, 4) is 0 Å². The summed E-state index contributed by atoms with van der Waals surface area (Å²) >= 11 is 0. The maximum Gasteiger partial charge on any atom is 0.322 e. The Bertz CT molecular complexity index is 193. The Morgan fingerprint density at radius 1 is 1.18 bits per heavy atom. The molecule has 0 radical (unpaired) electrons. The lowest BCUT2D eigenvalue weighted by atomic mass is 10.1. The molecule has 0 aromatic carbocycles. The van der Waals surface area contributed by atoms with E-state index in [2.05, 4.69) is 26.1 Å². The number of hydrogen-bond donors (Lipinski definition) is 1. The first-order valence-electron chi connectivity index (χ1n) is 6.93. The molecule has 17 heavy (non-hydrogen) atoms. The van der Waals surface area contributed by atoms with Gasteiger partial charge in [-0.3, -0.25) is 4.79 Å². The van der Waals surface area contributed by atoms with Gasteiger partial charge >= 0.3 is 5.97 Å². The third kappa shape index (κ3) is 9.16. The van der Waals surface area contributed by atoms with Crippen LogP contribution in [0, 0.1) is 5.92 Å². The van der Waals surface area contributed by atoms with Gasteiger partial charge in [0.15, 0.2) is 0 Å². The van der Waals surface area contributed by atoms with E-state index in [-0.39, 0.29) is 12.0 Å². The van der Waals surface area contributed by atoms with E-state index in [0.717, 1.165) is 38.1 Å². The van der Waals surface area contributed by atoms with Crippen LogP contribution in [-0.4, -0.2) is 25.7 Å². The number of ether oxygens (including phenoxy) is 1. The van der Waals surface area contributed by atoms with Crippen LogP contribution in [0.5, 0.6) is 0 Å². The molecular formula is C14H29NO2. The monoisotopic (exact) mass is 243 g/mol. The van der Waals surface area contributed by atoms with Gasteiger partial charge in [-0.25, -0.2) is 0 Å². The highest BCUT2D eigenvalue weighted by Crippen LogP contribution is 2.06. The molecule has 0 aromatic heterocycles. The van der Waals surface area contributed by atoms with Crippen LogP contribution in [0.3, 0.4) is 0 Å². The van der Waals surface area contributed by atoms with Gasteiger partial charge in [0.05, 0.1) is 7.11 Å². The van der Waals surface area contributed by atoms with Crippen LogP contribution >= 0.6 is 0 Å². The van der Waals surface area contributed by atoms with Gasteiger partial charge in [-0.1, -0.05) is 46.5 Å². The van der Waals surface area contributed by atoms with Crippen LogP contribution in [0.4, 0.5) is 0 Å². The summed E-state index contributed by atoms with van der Waals surface area (Å²) in [5, 5.41) is 3.30. The van der Waals surface area contributed by atoms with E-state index >= 15 is 0 Å². The Labute approximate surface area is 106 Å². The molecule has 0 fully saturated rings. The van der Waals surface area contributed by atoms with Crippen molar-refractivity contribution in [1.29, 1.82) is 0 Å². The number of nitrogens with one attached hydrogen (secondary N) is 1. The molecule has 0 saturated heterocycles. The van der Waals surface area contributed by atoms with Crippen LogP contribution in [0.15, 0.2) is 0 Å². The zero-order valence-corrected chi connectivity index (χ0v) is 11.9. The molecule has 0 amide bonds. The van der Waals surface area contributed by atoms with E-state index < -0.39 is 0 Å². The minimum absolute atomic E-state index is 0.112. The lowest BCUT2D eigenvalue weighted by Gasteiger charge is -2.16. The normalized spacial score (nSPS) is 12.8. The highest BCUT2D eigenvalue weighted by atomic mass is 16.5. The van der Waals surface area contributed by atoms with E-state index in [9.17, 15) is 4.79 Å². The number of methoxy groups -OCH3 is 1. The second-order valence-corrected chi connectivity index (χ2v) is 5.06. The van der Waals surface area contributed by atoms with Crippen molar-refractivity contribution >= 4 is 5.97 Å². The van der Waals surface area contributed by atoms with Crippen molar-refractivity contribution in [3.05, 3.63) is 0 Å². The Hall–Kier alpha value is -0.570. The van der Waals surface area contributed by atoms with Crippen molar-refractivity contribution in [2.75, 3.05) is 13.7 Å². The zero-order valence-electron chi connectivity index (χ0n) is 11.9. The van der Waals surface area contributed by atoms with Crippen LogP contribution in [0.2, 0.25) is 0 Å². The molecule has 0 spiro atoms. The summed E-state index contributed by atoms with van der Waals surface area (Å²) in [6, 6.07) is -0.112. The summed E-state index contributed by atoms with van der Waals surface area (Å²) in [5.41, 5.74) is 0. The third-order valence-corrected chi connectivity index (χ3v) is 2.93. The van der Waals surface area contributed by atoms with Gasteiger partial charge in [-0.05, 0) is 25.3 Å². The average Bonchev–Trinajstić information content (AvgIpc) is 2.31. The van der Waals surface area contributed by atoms with Gasteiger partial charge in [0.2, 0.25) is 0 Å². The van der Waals surface area contributed by atoms with Crippen LogP contribution in [-0.2, 0) is 9.53 Å². The summed E-state index contributed by atoms with van der Waals surface area (Å²) in [4.78, 5) is 11.5. The molecule has 0 aliphatic rings. The molecule has 0 heterocycles. The number of unbranched alkanes of at least 4 members (excludes halogenated alkanes) is 2. The second kappa shape index (κ2) is 10.6. The maximum absolute atomic E-state index is 11.5. The molecule has 0 aromatic rings. The molecule has 0 aliphatic heterocycles. The highest BCUT2D eigenvalue weighted by Gasteiger charge is 2.16. The summed E-state index contributed by atoms with van der Waals surface area (Å²) < 4.78 is 4.80. The van der Waals surface area contributed by atoms with Gasteiger partial charge in [0.1, 0.15) is 6.04 Å². The fraction of sp³-hybridized carbons (Fsp3) is 0.929. The Balaban J connectivity index is 3.71. The van der Waals surface area contributed by atoms with E-state index in [1.165, 1.54) is 20.0 Å². The van der Waals surface area contributed by atoms with E-state index in [1.807, 2.05) is 0 Å². The molecule has 1 N–H and O–H groups in total.